The van der Waals surface area contributed by atoms with Crippen LogP contribution in [0.5, 0.6) is 0 Å². The molecule has 4 nitrogen and oxygen atoms in total. The van der Waals surface area contributed by atoms with Crippen LogP contribution >= 0.6 is 0 Å². The standard InChI is InChI=1S/C23H27NO3/c1-22(2)11-19-12-23(3,14-22)15-24(19)20(25)13-27-21(26)18-9-8-16-6-4-5-7-17(16)10-18/h4-10,19H,11-15H2,1-3H3/t19-,23-/m1/s1. The molecule has 2 atom stereocenters. The molecule has 1 amide bonds. The van der Waals surface area contributed by atoms with Crippen LogP contribution in [-0.4, -0.2) is 36.0 Å². The van der Waals surface area contributed by atoms with Crippen molar-refractivity contribution in [3.05, 3.63) is 48.0 Å². The number of rotatable bonds is 3. The highest BCUT2D eigenvalue weighted by Gasteiger charge is 2.50. The number of carbonyl (C=O) groups excluding carboxylic acids is 2. The third-order valence-electron chi connectivity index (χ3n) is 6.05. The number of ether oxygens (including phenoxy) is 1. The van der Waals surface area contributed by atoms with Crippen molar-refractivity contribution in [2.45, 2.75) is 46.1 Å². The number of carbonyl (C=O) groups is 2. The molecule has 1 aliphatic carbocycles. The minimum atomic E-state index is -0.442. The molecule has 2 aliphatic rings. The molecule has 4 heteroatoms. The lowest BCUT2D eigenvalue weighted by Gasteiger charge is -2.39. The topological polar surface area (TPSA) is 46.6 Å². The molecular weight excluding hydrogens is 338 g/mol. The summed E-state index contributed by atoms with van der Waals surface area (Å²) in [5, 5.41) is 2.06. The van der Waals surface area contributed by atoms with Gasteiger partial charge in [0.15, 0.2) is 6.61 Å². The maximum atomic E-state index is 12.7. The zero-order valence-electron chi connectivity index (χ0n) is 16.3. The Kier molecular flexibility index (Phi) is 4.25. The highest BCUT2D eigenvalue weighted by atomic mass is 16.5. The average molecular weight is 365 g/mol. The van der Waals surface area contributed by atoms with E-state index in [1.165, 1.54) is 0 Å². The third kappa shape index (κ3) is 3.58. The van der Waals surface area contributed by atoms with E-state index in [2.05, 4.69) is 20.8 Å². The minimum absolute atomic E-state index is 0.0736. The van der Waals surface area contributed by atoms with Gasteiger partial charge in [0.05, 0.1) is 5.56 Å². The summed E-state index contributed by atoms with van der Waals surface area (Å²) < 4.78 is 5.35. The van der Waals surface area contributed by atoms with E-state index in [4.69, 9.17) is 4.74 Å². The molecule has 0 spiro atoms. The van der Waals surface area contributed by atoms with Gasteiger partial charge in [-0.25, -0.2) is 4.79 Å². The van der Waals surface area contributed by atoms with E-state index >= 15 is 0 Å². The molecule has 0 radical (unpaired) electrons. The summed E-state index contributed by atoms with van der Waals surface area (Å²) in [4.78, 5) is 27.1. The van der Waals surface area contributed by atoms with Crippen molar-refractivity contribution in [3.63, 3.8) is 0 Å². The van der Waals surface area contributed by atoms with E-state index < -0.39 is 5.97 Å². The van der Waals surface area contributed by atoms with Crippen LogP contribution in [0.4, 0.5) is 0 Å². The van der Waals surface area contributed by atoms with Gasteiger partial charge in [-0.15, -0.1) is 0 Å². The number of hydrogen-bond acceptors (Lipinski definition) is 3. The van der Waals surface area contributed by atoms with Crippen molar-refractivity contribution in [1.29, 1.82) is 0 Å². The summed E-state index contributed by atoms with van der Waals surface area (Å²) in [5.74, 6) is -0.515. The first-order valence-corrected chi connectivity index (χ1v) is 9.70. The van der Waals surface area contributed by atoms with Crippen LogP contribution in [-0.2, 0) is 9.53 Å². The van der Waals surface area contributed by atoms with Gasteiger partial charge in [-0.05, 0) is 53.0 Å². The molecule has 4 rings (SSSR count). The fourth-order valence-electron chi connectivity index (χ4n) is 5.36. The van der Waals surface area contributed by atoms with Crippen molar-refractivity contribution in [1.82, 2.24) is 4.90 Å². The zero-order chi connectivity index (χ0) is 19.2. The highest BCUT2D eigenvalue weighted by molar-refractivity contribution is 5.96. The first kappa shape index (κ1) is 18.0. The van der Waals surface area contributed by atoms with Gasteiger partial charge in [0.1, 0.15) is 0 Å². The fraction of sp³-hybridized carbons (Fsp3) is 0.478. The van der Waals surface area contributed by atoms with Crippen LogP contribution in [0.15, 0.2) is 42.5 Å². The maximum absolute atomic E-state index is 12.7. The monoisotopic (exact) mass is 365 g/mol. The molecule has 1 saturated carbocycles. The van der Waals surface area contributed by atoms with Gasteiger partial charge in [0.2, 0.25) is 0 Å². The van der Waals surface area contributed by atoms with Gasteiger partial charge >= 0.3 is 5.97 Å². The minimum Gasteiger partial charge on any atom is -0.452 e. The van der Waals surface area contributed by atoms with E-state index in [0.717, 1.165) is 36.6 Å². The normalized spacial score (nSPS) is 26.2. The van der Waals surface area contributed by atoms with Gasteiger partial charge < -0.3 is 9.64 Å². The third-order valence-corrected chi connectivity index (χ3v) is 6.05. The summed E-state index contributed by atoms with van der Waals surface area (Å²) in [6.07, 6.45) is 3.21. The molecule has 142 valence electrons. The van der Waals surface area contributed by atoms with Crippen molar-refractivity contribution >= 4 is 22.6 Å². The first-order chi connectivity index (χ1) is 12.7. The molecule has 0 aromatic heterocycles. The number of benzene rings is 2. The number of likely N-dealkylation sites (tertiary alicyclic amines) is 1. The maximum Gasteiger partial charge on any atom is 0.338 e. The SMILES string of the molecule is CC1(C)C[C@@H]2C[C@@](C)(CN2C(=O)COC(=O)c2ccc3ccccc3c2)C1. The van der Waals surface area contributed by atoms with E-state index in [-0.39, 0.29) is 29.4 Å². The molecular formula is C23H27NO3. The fourth-order valence-corrected chi connectivity index (χ4v) is 5.36. The largest absolute Gasteiger partial charge is 0.452 e. The van der Waals surface area contributed by atoms with Gasteiger partial charge in [-0.2, -0.15) is 0 Å². The summed E-state index contributed by atoms with van der Waals surface area (Å²) in [6.45, 7) is 7.43. The quantitative estimate of drug-likeness (QED) is 0.756. The Labute approximate surface area is 160 Å². The summed E-state index contributed by atoms with van der Waals surface area (Å²) >= 11 is 0. The van der Waals surface area contributed by atoms with Crippen molar-refractivity contribution in [2.75, 3.05) is 13.2 Å². The second-order valence-corrected chi connectivity index (χ2v) is 9.37. The smallest absolute Gasteiger partial charge is 0.338 e. The molecule has 1 heterocycles. The average Bonchev–Trinajstić information content (AvgIpc) is 2.87. The lowest BCUT2D eigenvalue weighted by molar-refractivity contribution is -0.135. The van der Waals surface area contributed by atoms with Crippen LogP contribution < -0.4 is 0 Å². The van der Waals surface area contributed by atoms with E-state index in [1.54, 1.807) is 6.07 Å². The van der Waals surface area contributed by atoms with E-state index in [9.17, 15) is 9.59 Å². The molecule has 27 heavy (non-hydrogen) atoms. The Balaban J connectivity index is 1.41. The van der Waals surface area contributed by atoms with Gasteiger partial charge in [-0.3, -0.25) is 4.79 Å². The van der Waals surface area contributed by atoms with E-state index in [1.807, 2.05) is 41.3 Å². The van der Waals surface area contributed by atoms with E-state index in [0.29, 0.717) is 5.56 Å². The Morgan fingerprint density at radius 1 is 1.07 bits per heavy atom. The van der Waals surface area contributed by atoms with Crippen molar-refractivity contribution in [2.24, 2.45) is 10.8 Å². The predicted molar refractivity (Wildman–Crippen MR) is 105 cm³/mol. The van der Waals surface area contributed by atoms with Crippen molar-refractivity contribution < 1.29 is 14.3 Å². The Morgan fingerprint density at radius 2 is 1.81 bits per heavy atom. The summed E-state index contributed by atoms with van der Waals surface area (Å²) in [5.41, 5.74) is 0.925. The molecule has 1 aliphatic heterocycles. The van der Waals surface area contributed by atoms with Crippen LogP contribution in [0.3, 0.4) is 0 Å². The molecule has 1 saturated heterocycles. The van der Waals surface area contributed by atoms with Gasteiger partial charge in [0, 0.05) is 12.6 Å². The predicted octanol–water partition coefficient (Wildman–Crippen LogP) is 4.42. The Morgan fingerprint density at radius 3 is 2.59 bits per heavy atom. The Bertz CT molecular complexity index is 903. The Hall–Kier alpha value is -2.36. The van der Waals surface area contributed by atoms with Crippen molar-refractivity contribution in [3.8, 4) is 0 Å². The lowest BCUT2D eigenvalue weighted by atomic mass is 9.65. The molecule has 2 fully saturated rings. The summed E-state index contributed by atoms with van der Waals surface area (Å²) in [7, 11) is 0. The highest BCUT2D eigenvalue weighted by Crippen LogP contribution is 2.52. The van der Waals surface area contributed by atoms with Crippen LogP contribution in [0.1, 0.15) is 50.4 Å². The number of fused-ring (bicyclic) bond motifs is 3. The lowest BCUT2D eigenvalue weighted by Crippen LogP contribution is -2.39. The number of nitrogens with zero attached hydrogens (tertiary/aromatic N) is 1. The molecule has 0 unspecified atom stereocenters. The van der Waals surface area contributed by atoms with Crippen LogP contribution in [0.2, 0.25) is 0 Å². The molecule has 2 aromatic rings. The summed E-state index contributed by atoms with van der Waals surface area (Å²) in [6, 6.07) is 13.6. The number of esters is 1. The second kappa shape index (κ2) is 6.36. The van der Waals surface area contributed by atoms with Gasteiger partial charge in [-0.1, -0.05) is 51.1 Å². The second-order valence-electron chi connectivity index (χ2n) is 9.37. The van der Waals surface area contributed by atoms with Gasteiger partial charge in [0.25, 0.3) is 5.91 Å². The van der Waals surface area contributed by atoms with Crippen LogP contribution in [0.25, 0.3) is 10.8 Å². The number of hydrogen-bond donors (Lipinski definition) is 0. The number of amides is 1. The molecule has 0 N–H and O–H groups in total. The van der Waals surface area contributed by atoms with Crippen LogP contribution in [0, 0.1) is 10.8 Å². The first-order valence-electron chi connectivity index (χ1n) is 9.70. The molecule has 2 aromatic carbocycles. The zero-order valence-corrected chi connectivity index (χ0v) is 16.3. The molecule has 2 bridgehead atoms.